The second kappa shape index (κ2) is 5.52. The van der Waals surface area contributed by atoms with E-state index in [1.54, 1.807) is 0 Å². The summed E-state index contributed by atoms with van der Waals surface area (Å²) in [7, 11) is 0. The topological polar surface area (TPSA) is 30.3 Å². The lowest BCUT2D eigenvalue weighted by molar-refractivity contribution is 0.260. The summed E-state index contributed by atoms with van der Waals surface area (Å²) in [6.45, 7) is 4.63. The Kier molecular flexibility index (Phi) is 3.76. The molecule has 4 heteroatoms. The molecule has 3 rings (SSSR count). The van der Waals surface area contributed by atoms with Crippen LogP contribution in [0.1, 0.15) is 24.8 Å². The predicted octanol–water partition coefficient (Wildman–Crippen LogP) is 3.00. The highest BCUT2D eigenvalue weighted by Gasteiger charge is 2.30. The summed E-state index contributed by atoms with van der Waals surface area (Å²) in [5, 5.41) is 9.24. The molecule has 2 heterocycles. The molecule has 1 aromatic carbocycles. The van der Waals surface area contributed by atoms with Crippen molar-refractivity contribution in [3.63, 3.8) is 0 Å². The molecule has 0 aromatic heterocycles. The number of hydrogen-bond donors (Lipinski definition) is 0. The van der Waals surface area contributed by atoms with Crippen LogP contribution in [0.25, 0.3) is 0 Å². The number of anilines is 1. The summed E-state index contributed by atoms with van der Waals surface area (Å²) < 4.78 is 1.05. The van der Waals surface area contributed by atoms with Crippen LogP contribution in [0.15, 0.2) is 22.7 Å². The third-order valence-electron chi connectivity index (χ3n) is 4.24. The molecule has 19 heavy (non-hydrogen) atoms. The zero-order valence-electron chi connectivity index (χ0n) is 11.0. The summed E-state index contributed by atoms with van der Waals surface area (Å²) in [6, 6.07) is 8.90. The Morgan fingerprint density at radius 1 is 1.21 bits per heavy atom. The number of nitriles is 1. The van der Waals surface area contributed by atoms with Crippen LogP contribution in [-0.4, -0.2) is 37.1 Å². The molecule has 1 atom stereocenters. The highest BCUT2D eigenvalue weighted by Crippen LogP contribution is 2.29. The van der Waals surface area contributed by atoms with Crippen molar-refractivity contribution in [3.05, 3.63) is 28.2 Å². The zero-order chi connectivity index (χ0) is 13.2. The molecule has 0 saturated carbocycles. The van der Waals surface area contributed by atoms with Crippen LogP contribution in [0.4, 0.5) is 5.69 Å². The second-order valence-corrected chi connectivity index (χ2v) is 6.32. The molecule has 2 aliphatic rings. The van der Waals surface area contributed by atoms with Crippen molar-refractivity contribution in [1.29, 1.82) is 5.26 Å². The minimum atomic E-state index is 0.674. The van der Waals surface area contributed by atoms with Crippen LogP contribution in [0, 0.1) is 11.3 Å². The summed E-state index contributed by atoms with van der Waals surface area (Å²) in [6.07, 6.45) is 3.91. The van der Waals surface area contributed by atoms with Crippen molar-refractivity contribution in [2.75, 3.05) is 31.1 Å². The number of nitrogens with zero attached hydrogens (tertiary/aromatic N) is 3. The lowest BCUT2D eigenvalue weighted by atomic mass is 10.2. The summed E-state index contributed by atoms with van der Waals surface area (Å²) in [4.78, 5) is 4.98. The van der Waals surface area contributed by atoms with Crippen LogP contribution in [0.5, 0.6) is 0 Å². The molecule has 1 aromatic rings. The van der Waals surface area contributed by atoms with Gasteiger partial charge in [-0.05, 0) is 50.6 Å². The Hall–Kier alpha value is -1.05. The Morgan fingerprint density at radius 2 is 2.00 bits per heavy atom. The first kappa shape index (κ1) is 13.0. The Labute approximate surface area is 122 Å². The van der Waals surface area contributed by atoms with Gasteiger partial charge in [-0.2, -0.15) is 5.26 Å². The van der Waals surface area contributed by atoms with Gasteiger partial charge in [-0.1, -0.05) is 15.9 Å². The van der Waals surface area contributed by atoms with Crippen molar-refractivity contribution in [3.8, 4) is 6.07 Å². The predicted molar refractivity (Wildman–Crippen MR) is 80.3 cm³/mol. The smallest absolute Gasteiger partial charge is 0.101 e. The van der Waals surface area contributed by atoms with Crippen LogP contribution in [0.2, 0.25) is 0 Å². The molecule has 100 valence electrons. The van der Waals surface area contributed by atoms with Gasteiger partial charge in [0.05, 0.1) is 11.3 Å². The van der Waals surface area contributed by atoms with Gasteiger partial charge in [0.1, 0.15) is 6.07 Å². The van der Waals surface area contributed by atoms with Gasteiger partial charge < -0.3 is 4.90 Å². The van der Waals surface area contributed by atoms with E-state index < -0.39 is 0 Å². The highest BCUT2D eigenvalue weighted by atomic mass is 79.9. The van der Waals surface area contributed by atoms with Gasteiger partial charge in [0.25, 0.3) is 0 Å². The van der Waals surface area contributed by atoms with Crippen molar-refractivity contribution in [2.45, 2.75) is 25.3 Å². The average molecular weight is 320 g/mol. The van der Waals surface area contributed by atoms with E-state index in [1.165, 1.54) is 32.4 Å². The minimum absolute atomic E-state index is 0.674. The van der Waals surface area contributed by atoms with Crippen molar-refractivity contribution < 1.29 is 0 Å². The standard InChI is InChI=1S/C15H18BrN3/c16-13-4-3-12(10-17)15(9-13)19-8-5-14(11-19)18-6-1-2-7-18/h3-4,9,14H,1-2,5-8,11H2. The minimum Gasteiger partial charge on any atom is -0.369 e. The van der Waals surface area contributed by atoms with E-state index in [0.29, 0.717) is 6.04 Å². The maximum Gasteiger partial charge on any atom is 0.101 e. The van der Waals surface area contributed by atoms with Crippen molar-refractivity contribution in [2.24, 2.45) is 0 Å². The molecule has 1 unspecified atom stereocenters. The van der Waals surface area contributed by atoms with Crippen LogP contribution < -0.4 is 4.90 Å². The van der Waals surface area contributed by atoms with Gasteiger partial charge in [0, 0.05) is 23.6 Å². The molecular formula is C15H18BrN3. The zero-order valence-corrected chi connectivity index (χ0v) is 12.6. The molecule has 0 bridgehead atoms. The number of hydrogen-bond acceptors (Lipinski definition) is 3. The van der Waals surface area contributed by atoms with E-state index in [-0.39, 0.29) is 0 Å². The van der Waals surface area contributed by atoms with E-state index in [4.69, 9.17) is 0 Å². The van der Waals surface area contributed by atoms with Gasteiger partial charge >= 0.3 is 0 Å². The Morgan fingerprint density at radius 3 is 2.74 bits per heavy atom. The second-order valence-electron chi connectivity index (χ2n) is 5.40. The molecule has 2 fully saturated rings. The summed E-state index contributed by atoms with van der Waals surface area (Å²) in [5.41, 5.74) is 1.86. The van der Waals surface area contributed by atoms with Gasteiger partial charge in [-0.25, -0.2) is 0 Å². The van der Waals surface area contributed by atoms with E-state index >= 15 is 0 Å². The normalized spacial score (nSPS) is 23.8. The number of likely N-dealkylation sites (tertiary alicyclic amines) is 1. The average Bonchev–Trinajstić information content (AvgIpc) is 3.09. The first-order chi connectivity index (χ1) is 9.28. The van der Waals surface area contributed by atoms with E-state index in [1.807, 2.05) is 12.1 Å². The Balaban J connectivity index is 1.77. The molecule has 0 N–H and O–H groups in total. The van der Waals surface area contributed by atoms with Crippen molar-refractivity contribution in [1.82, 2.24) is 4.90 Å². The largest absolute Gasteiger partial charge is 0.369 e. The lowest BCUT2D eigenvalue weighted by Crippen LogP contribution is -2.35. The molecule has 0 spiro atoms. The van der Waals surface area contributed by atoms with Crippen molar-refractivity contribution >= 4 is 21.6 Å². The van der Waals surface area contributed by atoms with Gasteiger partial charge in [0.15, 0.2) is 0 Å². The molecular weight excluding hydrogens is 302 g/mol. The van der Waals surface area contributed by atoms with E-state index in [9.17, 15) is 5.26 Å². The fraction of sp³-hybridized carbons (Fsp3) is 0.533. The summed E-state index contributed by atoms with van der Waals surface area (Å²) in [5.74, 6) is 0. The van der Waals surface area contributed by atoms with E-state index in [0.717, 1.165) is 28.8 Å². The van der Waals surface area contributed by atoms with Gasteiger partial charge in [-0.15, -0.1) is 0 Å². The Bertz CT molecular complexity index is 503. The maximum atomic E-state index is 9.24. The third kappa shape index (κ3) is 2.63. The molecule has 2 saturated heterocycles. The van der Waals surface area contributed by atoms with Crippen LogP contribution in [-0.2, 0) is 0 Å². The van der Waals surface area contributed by atoms with Gasteiger partial charge in [0.2, 0.25) is 0 Å². The molecule has 0 aliphatic carbocycles. The molecule has 3 nitrogen and oxygen atoms in total. The number of halogens is 1. The molecule has 0 amide bonds. The molecule has 0 radical (unpaired) electrons. The van der Waals surface area contributed by atoms with Gasteiger partial charge in [-0.3, -0.25) is 4.90 Å². The number of rotatable bonds is 2. The first-order valence-corrected chi connectivity index (χ1v) is 7.76. The highest BCUT2D eigenvalue weighted by molar-refractivity contribution is 9.10. The SMILES string of the molecule is N#Cc1ccc(Br)cc1N1CCC(N2CCCC2)C1. The fourth-order valence-corrected chi connectivity index (χ4v) is 3.58. The summed E-state index contributed by atoms with van der Waals surface area (Å²) >= 11 is 3.51. The van der Waals surface area contributed by atoms with Crippen LogP contribution in [0.3, 0.4) is 0 Å². The number of benzene rings is 1. The first-order valence-electron chi connectivity index (χ1n) is 6.96. The molecule has 2 aliphatic heterocycles. The third-order valence-corrected chi connectivity index (χ3v) is 4.73. The quantitative estimate of drug-likeness (QED) is 0.839. The fourth-order valence-electron chi connectivity index (χ4n) is 3.23. The van der Waals surface area contributed by atoms with Crippen LogP contribution >= 0.6 is 15.9 Å². The van der Waals surface area contributed by atoms with E-state index in [2.05, 4.69) is 37.9 Å². The maximum absolute atomic E-state index is 9.24. The monoisotopic (exact) mass is 319 g/mol. The lowest BCUT2D eigenvalue weighted by Gasteiger charge is -2.25.